The van der Waals surface area contributed by atoms with E-state index in [0.29, 0.717) is 6.04 Å². The van der Waals surface area contributed by atoms with Gasteiger partial charge in [-0.1, -0.05) is 0 Å². The summed E-state index contributed by atoms with van der Waals surface area (Å²) >= 11 is 1.69. The van der Waals surface area contributed by atoms with E-state index in [4.69, 9.17) is 0 Å². The number of carbonyl (C=O) groups excluding carboxylic acids is 1. The number of carbonyl (C=O) groups is 1. The Morgan fingerprint density at radius 1 is 1.11 bits per heavy atom. The van der Waals surface area contributed by atoms with Gasteiger partial charge in [-0.15, -0.1) is 11.8 Å². The summed E-state index contributed by atoms with van der Waals surface area (Å²) in [6.07, 6.45) is 0.937. The van der Waals surface area contributed by atoms with E-state index in [2.05, 4.69) is 36.3 Å². The summed E-state index contributed by atoms with van der Waals surface area (Å²) < 4.78 is 12.9. The van der Waals surface area contributed by atoms with Gasteiger partial charge < -0.3 is 15.5 Å². The Labute approximate surface area is 171 Å². The Morgan fingerprint density at radius 2 is 1.79 bits per heavy atom. The molecule has 4 nitrogen and oxygen atoms in total. The second-order valence-corrected chi connectivity index (χ2v) is 7.98. The number of nitrogens with one attached hydrogen (secondary N) is 2. The molecule has 0 heterocycles. The molecule has 0 radical (unpaired) electrons. The predicted octanol–water partition coefficient (Wildman–Crippen LogP) is 4.77. The first-order chi connectivity index (χ1) is 13.5. The number of halogens is 1. The Balaban J connectivity index is 1.63. The number of thioether (sulfide) groups is 1. The summed E-state index contributed by atoms with van der Waals surface area (Å²) in [6, 6.07) is 14.9. The fourth-order valence-electron chi connectivity index (χ4n) is 2.91. The maximum absolute atomic E-state index is 12.9. The van der Waals surface area contributed by atoms with Crippen molar-refractivity contribution in [2.45, 2.75) is 38.1 Å². The molecule has 0 saturated heterocycles. The van der Waals surface area contributed by atoms with E-state index in [9.17, 15) is 9.18 Å². The van der Waals surface area contributed by atoms with Crippen LogP contribution in [0.5, 0.6) is 0 Å². The molecule has 0 bridgehead atoms. The smallest absolute Gasteiger partial charge is 0.238 e. The number of hydrogen-bond donors (Lipinski definition) is 2. The first-order valence-electron chi connectivity index (χ1n) is 9.75. The van der Waals surface area contributed by atoms with Crippen molar-refractivity contribution in [1.29, 1.82) is 0 Å². The zero-order chi connectivity index (χ0) is 20.4. The van der Waals surface area contributed by atoms with Gasteiger partial charge >= 0.3 is 0 Å². The first kappa shape index (κ1) is 22.2. The zero-order valence-electron chi connectivity index (χ0n) is 16.9. The van der Waals surface area contributed by atoms with Crippen molar-refractivity contribution in [3.05, 3.63) is 54.3 Å². The van der Waals surface area contributed by atoms with Gasteiger partial charge in [-0.05, 0) is 88.0 Å². The van der Waals surface area contributed by atoms with Crippen LogP contribution in [0.4, 0.5) is 15.8 Å². The third-order valence-corrected chi connectivity index (χ3v) is 5.41. The lowest BCUT2D eigenvalue weighted by Crippen LogP contribution is -2.30. The van der Waals surface area contributed by atoms with E-state index in [1.165, 1.54) is 12.1 Å². The van der Waals surface area contributed by atoms with Crippen molar-refractivity contribution in [2.75, 3.05) is 35.6 Å². The average molecular weight is 404 g/mol. The molecule has 6 heteroatoms. The molecule has 0 atom stereocenters. The van der Waals surface area contributed by atoms with Gasteiger partial charge in [0.25, 0.3) is 0 Å². The molecule has 2 rings (SSSR count). The minimum absolute atomic E-state index is 0.0462. The lowest BCUT2D eigenvalue weighted by molar-refractivity contribution is -0.115. The normalized spacial score (nSPS) is 10.9. The lowest BCUT2D eigenvalue weighted by Gasteiger charge is -2.27. The van der Waals surface area contributed by atoms with Crippen LogP contribution in [0, 0.1) is 5.82 Å². The Kier molecular flexibility index (Phi) is 9.31. The summed E-state index contributed by atoms with van der Waals surface area (Å²) in [7, 11) is 0. The summed E-state index contributed by atoms with van der Waals surface area (Å²) in [4.78, 5) is 15.4. The van der Waals surface area contributed by atoms with Crippen LogP contribution >= 0.6 is 11.8 Å². The molecule has 1 amide bonds. The SMILES string of the molecule is CCN(c1ccc(NC(=O)CNCCCSc2ccc(F)cc2)cc1)C(C)C. The number of nitrogens with zero attached hydrogens (tertiary/aromatic N) is 1. The van der Waals surface area contributed by atoms with E-state index in [1.807, 2.05) is 24.3 Å². The molecule has 28 heavy (non-hydrogen) atoms. The Bertz CT molecular complexity index is 720. The third-order valence-electron chi connectivity index (χ3n) is 4.31. The van der Waals surface area contributed by atoms with Crippen LogP contribution in [0.1, 0.15) is 27.2 Å². The quantitative estimate of drug-likeness (QED) is 0.419. The van der Waals surface area contributed by atoms with E-state index in [1.54, 1.807) is 23.9 Å². The number of benzene rings is 2. The molecule has 0 saturated carbocycles. The van der Waals surface area contributed by atoms with Crippen molar-refractivity contribution >= 4 is 29.0 Å². The summed E-state index contributed by atoms with van der Waals surface area (Å²) in [6.45, 7) is 8.48. The van der Waals surface area contributed by atoms with E-state index in [0.717, 1.165) is 41.5 Å². The van der Waals surface area contributed by atoms with Crippen LogP contribution in [0.3, 0.4) is 0 Å². The van der Waals surface area contributed by atoms with Crippen molar-refractivity contribution in [3.63, 3.8) is 0 Å². The van der Waals surface area contributed by atoms with Gasteiger partial charge in [-0.25, -0.2) is 4.39 Å². The molecular weight excluding hydrogens is 373 g/mol. The Hall–Kier alpha value is -2.05. The third kappa shape index (κ3) is 7.52. The lowest BCUT2D eigenvalue weighted by atomic mass is 10.2. The fraction of sp³-hybridized carbons (Fsp3) is 0.409. The maximum Gasteiger partial charge on any atom is 0.238 e. The number of anilines is 2. The molecule has 0 aliphatic carbocycles. The monoisotopic (exact) mass is 403 g/mol. The first-order valence-corrected chi connectivity index (χ1v) is 10.7. The molecule has 0 aromatic heterocycles. The number of rotatable bonds is 11. The molecule has 2 aromatic carbocycles. The van der Waals surface area contributed by atoms with Gasteiger partial charge in [0.2, 0.25) is 5.91 Å². The van der Waals surface area contributed by atoms with Gasteiger partial charge in [0.1, 0.15) is 5.82 Å². The molecule has 0 aliphatic heterocycles. The van der Waals surface area contributed by atoms with Crippen LogP contribution in [0.15, 0.2) is 53.4 Å². The van der Waals surface area contributed by atoms with E-state index < -0.39 is 0 Å². The molecule has 0 fully saturated rings. The second kappa shape index (κ2) is 11.7. The highest BCUT2D eigenvalue weighted by molar-refractivity contribution is 7.99. The van der Waals surface area contributed by atoms with Crippen LogP contribution in [0.2, 0.25) is 0 Å². The van der Waals surface area contributed by atoms with E-state index >= 15 is 0 Å². The molecule has 2 N–H and O–H groups in total. The van der Waals surface area contributed by atoms with Gasteiger partial charge in [0.15, 0.2) is 0 Å². The molecular formula is C22H30FN3OS. The molecule has 2 aromatic rings. The summed E-state index contributed by atoms with van der Waals surface area (Å²) in [5.74, 6) is 0.662. The van der Waals surface area contributed by atoms with Gasteiger partial charge in [0.05, 0.1) is 6.54 Å². The second-order valence-electron chi connectivity index (χ2n) is 6.81. The van der Waals surface area contributed by atoms with E-state index in [-0.39, 0.29) is 18.3 Å². The highest BCUT2D eigenvalue weighted by Gasteiger charge is 2.08. The Morgan fingerprint density at radius 3 is 2.39 bits per heavy atom. The average Bonchev–Trinajstić information content (AvgIpc) is 2.67. The highest BCUT2D eigenvalue weighted by Crippen LogP contribution is 2.20. The highest BCUT2D eigenvalue weighted by atomic mass is 32.2. The summed E-state index contributed by atoms with van der Waals surface area (Å²) in [5, 5.41) is 6.08. The zero-order valence-corrected chi connectivity index (χ0v) is 17.7. The number of hydrogen-bond acceptors (Lipinski definition) is 4. The van der Waals surface area contributed by atoms with Gasteiger partial charge in [0, 0.05) is 28.9 Å². The van der Waals surface area contributed by atoms with Crippen molar-refractivity contribution < 1.29 is 9.18 Å². The van der Waals surface area contributed by atoms with Crippen molar-refractivity contribution in [1.82, 2.24) is 5.32 Å². The van der Waals surface area contributed by atoms with Gasteiger partial charge in [-0.2, -0.15) is 0 Å². The van der Waals surface area contributed by atoms with Crippen LogP contribution in [-0.4, -0.2) is 37.3 Å². The minimum atomic E-state index is -0.214. The fourth-order valence-corrected chi connectivity index (χ4v) is 3.76. The predicted molar refractivity (Wildman–Crippen MR) is 118 cm³/mol. The molecule has 152 valence electrons. The maximum atomic E-state index is 12.9. The van der Waals surface area contributed by atoms with Crippen molar-refractivity contribution in [2.24, 2.45) is 0 Å². The standard InChI is InChI=1S/C22H30FN3OS/c1-4-26(17(2)3)20-10-8-19(9-11-20)25-22(27)16-24-14-5-15-28-21-12-6-18(23)7-13-21/h6-13,17,24H,4-5,14-16H2,1-3H3,(H,25,27). The summed E-state index contributed by atoms with van der Waals surface area (Å²) in [5.41, 5.74) is 1.97. The van der Waals surface area contributed by atoms with Crippen LogP contribution in [0.25, 0.3) is 0 Å². The van der Waals surface area contributed by atoms with Gasteiger partial charge in [-0.3, -0.25) is 4.79 Å². The van der Waals surface area contributed by atoms with Crippen molar-refractivity contribution in [3.8, 4) is 0 Å². The van der Waals surface area contributed by atoms with Crippen LogP contribution in [-0.2, 0) is 4.79 Å². The molecule has 0 aliphatic rings. The minimum Gasteiger partial charge on any atom is -0.369 e. The topological polar surface area (TPSA) is 44.4 Å². The largest absolute Gasteiger partial charge is 0.369 e. The molecule has 0 spiro atoms. The molecule has 0 unspecified atom stereocenters. The number of amides is 1. The van der Waals surface area contributed by atoms with Crippen LogP contribution < -0.4 is 15.5 Å².